The molecule has 0 saturated heterocycles. The molecule has 0 aliphatic carbocycles. The maximum atomic E-state index is 5.36. The van der Waals surface area contributed by atoms with Crippen LogP contribution in [0, 0.1) is 0 Å². The molecule has 114 valence electrons. The third-order valence-corrected chi connectivity index (χ3v) is 3.53. The smallest absolute Gasteiger partial charge is 0.227 e. The van der Waals surface area contributed by atoms with Crippen molar-refractivity contribution in [3.63, 3.8) is 0 Å². The summed E-state index contributed by atoms with van der Waals surface area (Å²) >= 11 is 0. The van der Waals surface area contributed by atoms with Gasteiger partial charge in [-0.3, -0.25) is 4.98 Å². The predicted molar refractivity (Wildman–Crippen MR) is 83.0 cm³/mol. The van der Waals surface area contributed by atoms with Crippen molar-refractivity contribution in [1.82, 2.24) is 20.4 Å². The van der Waals surface area contributed by atoms with E-state index in [2.05, 4.69) is 41.2 Å². The number of aromatic nitrogens is 3. The van der Waals surface area contributed by atoms with Crippen LogP contribution in [0.3, 0.4) is 0 Å². The molecule has 0 saturated carbocycles. The maximum Gasteiger partial charge on any atom is 0.227 e. The molecule has 0 aromatic carbocycles. The van der Waals surface area contributed by atoms with Gasteiger partial charge in [0.05, 0.1) is 0 Å². The normalized spacial score (nSPS) is 12.5. The molecule has 2 aromatic rings. The fraction of sp³-hybridized carbons (Fsp3) is 0.562. The summed E-state index contributed by atoms with van der Waals surface area (Å²) in [6.45, 7) is 7.50. The third kappa shape index (κ3) is 4.36. The molecule has 2 aromatic heterocycles. The van der Waals surface area contributed by atoms with Crippen LogP contribution in [0.5, 0.6) is 0 Å². The van der Waals surface area contributed by atoms with E-state index in [4.69, 9.17) is 4.52 Å². The van der Waals surface area contributed by atoms with Gasteiger partial charge in [-0.25, -0.2) is 0 Å². The van der Waals surface area contributed by atoms with E-state index in [9.17, 15) is 0 Å². The van der Waals surface area contributed by atoms with E-state index < -0.39 is 0 Å². The van der Waals surface area contributed by atoms with Crippen molar-refractivity contribution in [2.24, 2.45) is 0 Å². The van der Waals surface area contributed by atoms with Gasteiger partial charge >= 0.3 is 0 Å². The summed E-state index contributed by atoms with van der Waals surface area (Å²) in [6.07, 6.45) is 7.49. The third-order valence-electron chi connectivity index (χ3n) is 3.53. The minimum absolute atomic E-state index is 0.465. The van der Waals surface area contributed by atoms with Gasteiger partial charge < -0.3 is 9.84 Å². The summed E-state index contributed by atoms with van der Waals surface area (Å²) in [6, 6.07) is 2.41. The van der Waals surface area contributed by atoms with Crippen LogP contribution in [0.25, 0.3) is 11.4 Å². The monoisotopic (exact) mass is 288 g/mol. The molecular weight excluding hydrogens is 264 g/mol. The Labute approximate surface area is 126 Å². The van der Waals surface area contributed by atoms with Crippen molar-refractivity contribution in [2.75, 3.05) is 6.54 Å². The van der Waals surface area contributed by atoms with Crippen molar-refractivity contribution < 1.29 is 4.52 Å². The standard InChI is InChI=1S/C16H24N4O/c1-4-9-18-12(3)6-7-15-19-16(20-21-15)14-8-10-17-11-13(14)5-2/h8,10-12,18H,4-7,9H2,1-3H3. The Kier molecular flexibility index (Phi) is 5.87. The number of aryl methyl sites for hydroxylation is 2. The molecule has 5 heteroatoms. The topological polar surface area (TPSA) is 63.8 Å². The van der Waals surface area contributed by atoms with E-state index >= 15 is 0 Å². The molecule has 1 atom stereocenters. The first-order valence-electron chi connectivity index (χ1n) is 7.73. The van der Waals surface area contributed by atoms with Gasteiger partial charge in [-0.1, -0.05) is 19.0 Å². The maximum absolute atomic E-state index is 5.36. The van der Waals surface area contributed by atoms with Gasteiger partial charge in [-0.05, 0) is 44.4 Å². The van der Waals surface area contributed by atoms with E-state index in [1.807, 2.05) is 12.3 Å². The van der Waals surface area contributed by atoms with Gasteiger partial charge in [0, 0.05) is 30.4 Å². The number of nitrogens with one attached hydrogen (secondary N) is 1. The van der Waals surface area contributed by atoms with Crippen LogP contribution in [-0.2, 0) is 12.8 Å². The molecular formula is C16H24N4O. The fourth-order valence-electron chi connectivity index (χ4n) is 2.23. The largest absolute Gasteiger partial charge is 0.339 e. The molecule has 0 radical (unpaired) electrons. The predicted octanol–water partition coefficient (Wildman–Crippen LogP) is 3.01. The highest BCUT2D eigenvalue weighted by molar-refractivity contribution is 5.58. The first-order valence-corrected chi connectivity index (χ1v) is 7.73. The van der Waals surface area contributed by atoms with Gasteiger partial charge in [0.2, 0.25) is 11.7 Å². The molecule has 5 nitrogen and oxygen atoms in total. The lowest BCUT2D eigenvalue weighted by atomic mass is 10.1. The Morgan fingerprint density at radius 3 is 2.95 bits per heavy atom. The van der Waals surface area contributed by atoms with E-state index in [0.29, 0.717) is 17.8 Å². The minimum Gasteiger partial charge on any atom is -0.339 e. The summed E-state index contributed by atoms with van der Waals surface area (Å²) in [4.78, 5) is 8.65. The van der Waals surface area contributed by atoms with Crippen molar-refractivity contribution >= 4 is 0 Å². The summed E-state index contributed by atoms with van der Waals surface area (Å²) in [7, 11) is 0. The van der Waals surface area contributed by atoms with Gasteiger partial charge in [0.15, 0.2) is 0 Å². The average Bonchev–Trinajstić information content (AvgIpc) is 2.99. The zero-order chi connectivity index (χ0) is 15.1. The fourth-order valence-corrected chi connectivity index (χ4v) is 2.23. The highest BCUT2D eigenvalue weighted by Crippen LogP contribution is 2.20. The van der Waals surface area contributed by atoms with Gasteiger partial charge in [0.1, 0.15) is 0 Å². The number of pyridine rings is 1. The molecule has 1 N–H and O–H groups in total. The molecule has 21 heavy (non-hydrogen) atoms. The van der Waals surface area contributed by atoms with Crippen LogP contribution >= 0.6 is 0 Å². The van der Waals surface area contributed by atoms with Crippen molar-refractivity contribution in [1.29, 1.82) is 0 Å². The molecule has 0 amide bonds. The summed E-state index contributed by atoms with van der Waals surface area (Å²) < 4.78 is 5.36. The van der Waals surface area contributed by atoms with Crippen LogP contribution in [-0.4, -0.2) is 27.7 Å². The number of hydrogen-bond acceptors (Lipinski definition) is 5. The number of nitrogens with zero attached hydrogens (tertiary/aromatic N) is 3. The number of rotatable bonds is 8. The zero-order valence-electron chi connectivity index (χ0n) is 13.1. The van der Waals surface area contributed by atoms with Gasteiger partial charge in [0.25, 0.3) is 0 Å². The molecule has 1 unspecified atom stereocenters. The van der Waals surface area contributed by atoms with Crippen molar-refractivity contribution in [3.05, 3.63) is 29.9 Å². The van der Waals surface area contributed by atoms with Crippen LogP contribution in [0.4, 0.5) is 0 Å². The van der Waals surface area contributed by atoms with E-state index in [1.54, 1.807) is 6.20 Å². The lowest BCUT2D eigenvalue weighted by molar-refractivity contribution is 0.367. The molecule has 2 heterocycles. The Morgan fingerprint density at radius 2 is 2.19 bits per heavy atom. The van der Waals surface area contributed by atoms with Crippen LogP contribution in [0.2, 0.25) is 0 Å². The Balaban J connectivity index is 1.98. The van der Waals surface area contributed by atoms with E-state index in [1.165, 1.54) is 0 Å². The van der Waals surface area contributed by atoms with Gasteiger partial charge in [-0.2, -0.15) is 4.98 Å². The Hall–Kier alpha value is -1.75. The lowest BCUT2D eigenvalue weighted by Crippen LogP contribution is -2.27. The second-order valence-corrected chi connectivity index (χ2v) is 5.29. The molecule has 0 aliphatic heterocycles. The first-order chi connectivity index (χ1) is 10.2. The Morgan fingerprint density at radius 1 is 1.33 bits per heavy atom. The Bertz CT molecular complexity index is 553. The van der Waals surface area contributed by atoms with Crippen LogP contribution in [0.15, 0.2) is 23.0 Å². The minimum atomic E-state index is 0.465. The lowest BCUT2D eigenvalue weighted by Gasteiger charge is -2.10. The number of hydrogen-bond donors (Lipinski definition) is 1. The summed E-state index contributed by atoms with van der Waals surface area (Å²) in [5.41, 5.74) is 2.16. The van der Waals surface area contributed by atoms with Crippen molar-refractivity contribution in [3.8, 4) is 11.4 Å². The molecule has 0 fully saturated rings. The molecule has 0 bridgehead atoms. The van der Waals surface area contributed by atoms with E-state index in [0.717, 1.165) is 43.4 Å². The molecule has 2 rings (SSSR count). The second kappa shape index (κ2) is 7.88. The second-order valence-electron chi connectivity index (χ2n) is 5.29. The highest BCUT2D eigenvalue weighted by atomic mass is 16.5. The highest BCUT2D eigenvalue weighted by Gasteiger charge is 2.12. The van der Waals surface area contributed by atoms with E-state index in [-0.39, 0.29) is 0 Å². The van der Waals surface area contributed by atoms with Crippen LogP contribution in [0.1, 0.15) is 45.1 Å². The summed E-state index contributed by atoms with van der Waals surface area (Å²) in [5, 5.41) is 7.56. The zero-order valence-corrected chi connectivity index (χ0v) is 13.1. The SMILES string of the molecule is CCCNC(C)CCc1nc(-c2ccncc2CC)no1. The quantitative estimate of drug-likeness (QED) is 0.809. The summed E-state index contributed by atoms with van der Waals surface area (Å²) in [5.74, 6) is 1.37. The molecule has 0 spiro atoms. The first kappa shape index (κ1) is 15.6. The van der Waals surface area contributed by atoms with Crippen LogP contribution < -0.4 is 5.32 Å². The van der Waals surface area contributed by atoms with Crippen molar-refractivity contribution in [2.45, 2.75) is 52.5 Å². The average molecular weight is 288 g/mol. The van der Waals surface area contributed by atoms with Gasteiger partial charge in [-0.15, -0.1) is 0 Å². The molecule has 0 aliphatic rings.